The van der Waals surface area contributed by atoms with Crippen molar-refractivity contribution in [1.82, 2.24) is 15.1 Å². The first-order chi connectivity index (χ1) is 11.1. The van der Waals surface area contributed by atoms with Gasteiger partial charge in [-0.25, -0.2) is 0 Å². The van der Waals surface area contributed by atoms with Crippen LogP contribution in [0.4, 0.5) is 5.69 Å². The third kappa shape index (κ3) is 2.84. The summed E-state index contributed by atoms with van der Waals surface area (Å²) in [5, 5.41) is 9.46. The quantitative estimate of drug-likeness (QED) is 0.913. The molecule has 0 saturated carbocycles. The molecule has 1 aliphatic rings. The van der Waals surface area contributed by atoms with Gasteiger partial charge in [-0.15, -0.1) is 0 Å². The number of carbonyl (C=O) groups is 2. The number of amides is 2. The van der Waals surface area contributed by atoms with Gasteiger partial charge in [-0.2, -0.15) is 5.10 Å². The van der Waals surface area contributed by atoms with Crippen LogP contribution < -0.4 is 5.32 Å². The van der Waals surface area contributed by atoms with Crippen LogP contribution in [0.2, 0.25) is 0 Å². The number of anilines is 1. The maximum atomic E-state index is 12.9. The topological polar surface area (TPSA) is 78.1 Å². The largest absolute Gasteiger partial charge is 0.324 e. The lowest BCUT2D eigenvalue weighted by molar-refractivity contribution is -0.122. The first-order valence-corrected chi connectivity index (χ1v) is 7.80. The van der Waals surface area contributed by atoms with Crippen LogP contribution in [0, 0.1) is 5.92 Å². The molecule has 0 radical (unpaired) electrons. The summed E-state index contributed by atoms with van der Waals surface area (Å²) in [6, 6.07) is 7.09. The Morgan fingerprint density at radius 2 is 2.22 bits per heavy atom. The second-order valence-electron chi connectivity index (χ2n) is 5.90. The number of aromatic amines is 1. The van der Waals surface area contributed by atoms with Crippen LogP contribution in [0.25, 0.3) is 0 Å². The zero-order valence-electron chi connectivity index (χ0n) is 13.2. The number of nitrogens with one attached hydrogen (secondary N) is 2. The Bertz CT molecular complexity index is 711. The Morgan fingerprint density at radius 1 is 1.43 bits per heavy atom. The van der Waals surface area contributed by atoms with Gasteiger partial charge in [0.15, 0.2) is 0 Å². The van der Waals surface area contributed by atoms with Gasteiger partial charge < -0.3 is 10.2 Å². The number of H-pyrrole nitrogens is 1. The standard InChI is InChI=1S/C17H20N4O2/c1-3-11(2)15-16(22)20-14-7-5-4-6-12(14)10-21(15)17(23)13-8-18-19-9-13/h4-9,11,15H,3,10H2,1-2H3,(H,18,19)(H,20,22)/t11-,15-/m0/s1. The third-order valence-electron chi connectivity index (χ3n) is 4.41. The van der Waals surface area contributed by atoms with Crippen LogP contribution in [0.5, 0.6) is 0 Å². The minimum Gasteiger partial charge on any atom is -0.324 e. The second-order valence-corrected chi connectivity index (χ2v) is 5.90. The Labute approximate surface area is 134 Å². The number of benzene rings is 1. The van der Waals surface area contributed by atoms with E-state index in [1.807, 2.05) is 38.1 Å². The SMILES string of the molecule is CC[C@H](C)[C@H]1C(=O)Nc2ccccc2CN1C(=O)c1cn[nH]c1. The molecule has 0 fully saturated rings. The van der Waals surface area contributed by atoms with Crippen molar-refractivity contribution < 1.29 is 9.59 Å². The summed E-state index contributed by atoms with van der Waals surface area (Å²) in [6.07, 6.45) is 3.86. The second kappa shape index (κ2) is 6.24. The predicted molar refractivity (Wildman–Crippen MR) is 86.8 cm³/mol. The van der Waals surface area contributed by atoms with E-state index < -0.39 is 6.04 Å². The lowest BCUT2D eigenvalue weighted by Gasteiger charge is -2.32. The van der Waals surface area contributed by atoms with Crippen LogP contribution in [-0.4, -0.2) is 33.0 Å². The van der Waals surface area contributed by atoms with Crippen LogP contribution in [0.1, 0.15) is 36.2 Å². The summed E-state index contributed by atoms with van der Waals surface area (Å²) in [5.74, 6) is -0.266. The molecule has 2 heterocycles. The summed E-state index contributed by atoms with van der Waals surface area (Å²) in [5.41, 5.74) is 2.17. The maximum absolute atomic E-state index is 12.9. The Balaban J connectivity index is 2.03. The third-order valence-corrected chi connectivity index (χ3v) is 4.41. The monoisotopic (exact) mass is 312 g/mol. The van der Waals surface area contributed by atoms with Gasteiger partial charge in [-0.3, -0.25) is 14.7 Å². The van der Waals surface area contributed by atoms with Crippen molar-refractivity contribution in [2.45, 2.75) is 32.9 Å². The highest BCUT2D eigenvalue weighted by Crippen LogP contribution is 2.28. The molecular weight excluding hydrogens is 292 g/mol. The number of aromatic nitrogens is 2. The molecule has 1 aliphatic heterocycles. The summed E-state index contributed by atoms with van der Waals surface area (Å²) in [7, 11) is 0. The zero-order valence-corrected chi connectivity index (χ0v) is 13.2. The van der Waals surface area contributed by atoms with E-state index in [0.29, 0.717) is 12.1 Å². The van der Waals surface area contributed by atoms with Gasteiger partial charge in [0.2, 0.25) is 5.91 Å². The molecule has 1 aromatic heterocycles. The van der Waals surface area contributed by atoms with Gasteiger partial charge in [0.05, 0.1) is 11.8 Å². The van der Waals surface area contributed by atoms with Crippen molar-refractivity contribution >= 4 is 17.5 Å². The van der Waals surface area contributed by atoms with Crippen LogP contribution in [0.3, 0.4) is 0 Å². The lowest BCUT2D eigenvalue weighted by atomic mass is 9.96. The van der Waals surface area contributed by atoms with Crippen LogP contribution in [0.15, 0.2) is 36.7 Å². The van der Waals surface area contributed by atoms with Crippen molar-refractivity contribution in [3.8, 4) is 0 Å². The zero-order chi connectivity index (χ0) is 16.4. The van der Waals surface area contributed by atoms with Crippen LogP contribution in [-0.2, 0) is 11.3 Å². The molecule has 2 aromatic rings. The highest BCUT2D eigenvalue weighted by Gasteiger charge is 2.37. The number of carbonyl (C=O) groups excluding carboxylic acids is 2. The lowest BCUT2D eigenvalue weighted by Crippen LogP contribution is -2.48. The molecule has 23 heavy (non-hydrogen) atoms. The molecule has 2 amide bonds. The highest BCUT2D eigenvalue weighted by atomic mass is 16.2. The van der Waals surface area contributed by atoms with Crippen molar-refractivity contribution in [1.29, 1.82) is 0 Å². The molecule has 6 heteroatoms. The van der Waals surface area contributed by atoms with Gasteiger partial charge in [0.25, 0.3) is 5.91 Å². The first kappa shape index (κ1) is 15.3. The highest BCUT2D eigenvalue weighted by molar-refractivity contribution is 6.02. The molecule has 0 aliphatic carbocycles. The van der Waals surface area contributed by atoms with Crippen LogP contribution >= 0.6 is 0 Å². The molecule has 1 aromatic carbocycles. The fourth-order valence-electron chi connectivity index (χ4n) is 2.93. The Morgan fingerprint density at radius 3 is 2.91 bits per heavy atom. The minimum absolute atomic E-state index is 0.0557. The molecule has 0 spiro atoms. The van der Waals surface area contributed by atoms with E-state index in [1.54, 1.807) is 11.1 Å². The number of hydrogen-bond acceptors (Lipinski definition) is 3. The van der Waals surface area contributed by atoms with Crippen molar-refractivity contribution in [3.63, 3.8) is 0 Å². The fraction of sp³-hybridized carbons (Fsp3) is 0.353. The van der Waals surface area contributed by atoms with Crippen molar-refractivity contribution in [2.75, 3.05) is 5.32 Å². The summed E-state index contributed by atoms with van der Waals surface area (Å²) in [6.45, 7) is 4.42. The van der Waals surface area contributed by atoms with Gasteiger partial charge in [-0.05, 0) is 17.5 Å². The minimum atomic E-state index is -0.505. The van der Waals surface area contributed by atoms with Gasteiger partial charge in [-0.1, -0.05) is 38.5 Å². The number of hydrogen-bond donors (Lipinski definition) is 2. The van der Waals surface area contributed by atoms with Crippen molar-refractivity contribution in [2.24, 2.45) is 5.92 Å². The van der Waals surface area contributed by atoms with Gasteiger partial charge >= 0.3 is 0 Å². The molecule has 0 saturated heterocycles. The average molecular weight is 312 g/mol. The molecular formula is C17H20N4O2. The van der Waals surface area contributed by atoms with E-state index >= 15 is 0 Å². The predicted octanol–water partition coefficient (Wildman–Crippen LogP) is 2.42. The smallest absolute Gasteiger partial charge is 0.258 e. The summed E-state index contributed by atoms with van der Waals surface area (Å²) < 4.78 is 0. The van der Waals surface area contributed by atoms with Crippen molar-refractivity contribution in [3.05, 3.63) is 47.8 Å². The maximum Gasteiger partial charge on any atom is 0.258 e. The Kier molecular flexibility index (Phi) is 4.14. The van der Waals surface area contributed by atoms with Gasteiger partial charge in [0.1, 0.15) is 6.04 Å². The number of rotatable bonds is 3. The summed E-state index contributed by atoms with van der Waals surface area (Å²) in [4.78, 5) is 27.3. The molecule has 2 atom stereocenters. The fourth-order valence-corrected chi connectivity index (χ4v) is 2.93. The summed E-state index contributed by atoms with van der Waals surface area (Å²) >= 11 is 0. The van der Waals surface area contributed by atoms with E-state index in [4.69, 9.17) is 0 Å². The van der Waals surface area contributed by atoms with E-state index in [0.717, 1.165) is 17.7 Å². The number of nitrogens with zero attached hydrogens (tertiary/aromatic N) is 2. The Hall–Kier alpha value is -2.63. The molecule has 3 rings (SSSR count). The molecule has 0 unspecified atom stereocenters. The van der Waals surface area contributed by atoms with E-state index in [1.165, 1.54) is 6.20 Å². The molecule has 0 bridgehead atoms. The molecule has 120 valence electrons. The van der Waals surface area contributed by atoms with E-state index in [2.05, 4.69) is 15.5 Å². The molecule has 6 nitrogen and oxygen atoms in total. The van der Waals surface area contributed by atoms with E-state index in [-0.39, 0.29) is 17.7 Å². The van der Waals surface area contributed by atoms with E-state index in [9.17, 15) is 9.59 Å². The average Bonchev–Trinajstić information content (AvgIpc) is 3.04. The number of para-hydroxylation sites is 1. The van der Waals surface area contributed by atoms with Gasteiger partial charge in [0, 0.05) is 18.4 Å². The number of fused-ring (bicyclic) bond motifs is 1. The first-order valence-electron chi connectivity index (χ1n) is 7.80. The molecule has 2 N–H and O–H groups in total. The normalized spacial score (nSPS) is 18.8.